The standard InChI is InChI=1S/C91H137N15O18S/c1-16-60(8)82(74(120-14)54-73(107)68-27-22-28-69(68)83(121-15)61(9)84(113)98-71(88-94-42-51-125-88)52-62-24-18-17-19-25-62)102(12)89(117)80(58(4)5)100-87(116)81(59(6)7)103(13)91(119)124-56-63-31-33-65(34-32-63)96-85(114)70(29-23-41-95-90(92)118)97-86(115)79(57(2)3)99-75(108)35-36-77(110)106(46-48-123-50-49-122-47-40-78(111)112)66-37-43-104(44-38-66)76(109)39-45-105-67(55-101(11)93-10)53-64-26-20-21-30-72(64)105/h17-21,24-26,30-34,42,51,53,57-61,66,68-71,74,79-83,93H,16,22-23,27-29,35-41,43-50,52,54-56H2,1-15H3,(H,96,114)(H,97,115)(H,98,113)(H,99,108)(H,100,116)(H,111,112)(H3,92,95,118)/t60-,61+,68?,69+,70-,71-,74+,79-,80-,81-,82-,83+/m0/s1. The minimum Gasteiger partial charge on any atom is -0.481 e. The summed E-state index contributed by atoms with van der Waals surface area (Å²) < 4.78 is 31.5. The van der Waals surface area contributed by atoms with Crippen LogP contribution in [0.15, 0.2) is 96.5 Å². The van der Waals surface area contributed by atoms with Gasteiger partial charge < -0.3 is 85.7 Å². The Kier molecular flexibility index (Phi) is 42.1. The zero-order valence-corrected chi connectivity index (χ0v) is 76.5. The first kappa shape index (κ1) is 102. The Bertz CT molecular complexity index is 4280. The molecule has 1 unspecified atom stereocenters. The number of methoxy groups -OCH3 is 2. The van der Waals surface area contributed by atoms with Crippen molar-refractivity contribution in [3.63, 3.8) is 0 Å². The second-order valence-electron chi connectivity index (χ2n) is 33.9. The van der Waals surface area contributed by atoms with Gasteiger partial charge in [0, 0.05) is 134 Å². The van der Waals surface area contributed by atoms with Gasteiger partial charge in [-0.25, -0.2) is 19.6 Å². The Hall–Kier alpha value is -9.97. The molecule has 1 aliphatic carbocycles. The number of urea groups is 1. The molecule has 3 aromatic carbocycles. The molecule has 2 fully saturated rings. The molecule has 1 aliphatic heterocycles. The fourth-order valence-corrected chi connectivity index (χ4v) is 17.5. The number of carboxylic acid groups (broad SMARTS) is 1. The highest BCUT2D eigenvalue weighted by Gasteiger charge is 2.46. The molecule has 0 bridgehead atoms. The second kappa shape index (κ2) is 51.6. The number of aromatic nitrogens is 2. The number of anilines is 1. The molecule has 5 aromatic rings. The molecule has 1 saturated heterocycles. The first-order valence-corrected chi connectivity index (χ1v) is 44.8. The summed E-state index contributed by atoms with van der Waals surface area (Å²) in [6.45, 7) is 18.7. The molecule has 10 N–H and O–H groups in total. The van der Waals surface area contributed by atoms with E-state index in [1.165, 1.54) is 30.4 Å². The van der Waals surface area contributed by atoms with E-state index in [4.69, 9.17) is 34.5 Å². The van der Waals surface area contributed by atoms with Gasteiger partial charge in [-0.1, -0.05) is 136 Å². The third-order valence-electron chi connectivity index (χ3n) is 24.0. The van der Waals surface area contributed by atoms with Gasteiger partial charge in [0.25, 0.3) is 0 Å². The number of carbonyl (C=O) groups excluding carboxylic acids is 11. The van der Waals surface area contributed by atoms with Crippen molar-refractivity contribution < 1.29 is 86.3 Å². The maximum Gasteiger partial charge on any atom is 0.410 e. The maximum atomic E-state index is 15.0. The predicted octanol–water partition coefficient (Wildman–Crippen LogP) is 8.62. The van der Waals surface area contributed by atoms with Gasteiger partial charge >= 0.3 is 18.1 Å². The molecule has 125 heavy (non-hydrogen) atoms. The fraction of sp³-hybridized carbons (Fsp3) is 0.615. The Morgan fingerprint density at radius 2 is 1.38 bits per heavy atom. The number of primary amides is 1. The Morgan fingerprint density at radius 3 is 2.00 bits per heavy atom. The number of thiazole rings is 1. The van der Waals surface area contributed by atoms with Crippen molar-refractivity contribution in [2.75, 3.05) is 100 Å². The SMILES string of the molecule is CC[C@H](C)[C@@H]([C@@H](CC(=O)C1CCC[C@H]1[C@H](OC)[C@@H](C)C(=O)N[C@@H](Cc1ccccc1)c1nccs1)OC)N(C)C(=O)[C@@H](NC(=O)[C@H](C(C)C)N(C)C(=O)OCc1ccc(NC(=O)[C@H](CCCNC(N)=O)NC(=O)[C@@H](NC(=O)CCC(=O)N(CCOCCOCCC(=O)O)C2CCN(C(=O)CCn3c(CN(C)NC)cc4ccccc43)CC2)C(C)C)cc1)C(C)C. The summed E-state index contributed by atoms with van der Waals surface area (Å²) in [5, 5.41) is 31.8. The average Bonchev–Trinajstić information content (AvgIpc) is 1.61. The van der Waals surface area contributed by atoms with Crippen LogP contribution in [0.2, 0.25) is 0 Å². The van der Waals surface area contributed by atoms with E-state index >= 15 is 4.79 Å². The molecule has 12 atom stereocenters. The summed E-state index contributed by atoms with van der Waals surface area (Å²) in [4.78, 5) is 177. The predicted molar refractivity (Wildman–Crippen MR) is 476 cm³/mol. The lowest BCUT2D eigenvalue weighted by molar-refractivity contribution is -0.145. The highest BCUT2D eigenvalue weighted by Crippen LogP contribution is 2.41. The summed E-state index contributed by atoms with van der Waals surface area (Å²) in [7, 11) is 10.0. The van der Waals surface area contributed by atoms with E-state index in [1.54, 1.807) is 82.1 Å². The minimum absolute atomic E-state index is 0.0118. The number of nitrogens with zero attached hydrogens (tertiary/aromatic N) is 7. The Balaban J connectivity index is 0.925. The van der Waals surface area contributed by atoms with Crippen LogP contribution >= 0.6 is 11.3 Å². The molecular weight excluding hydrogens is 1620 g/mol. The van der Waals surface area contributed by atoms with E-state index in [2.05, 4.69) is 59.0 Å². The second-order valence-corrected chi connectivity index (χ2v) is 34.8. The van der Waals surface area contributed by atoms with Gasteiger partial charge in [-0.05, 0) is 122 Å². The highest BCUT2D eigenvalue weighted by atomic mass is 32.1. The number of carboxylic acids is 1. The number of aliphatic carboxylic acids is 1. The molecule has 2 aromatic heterocycles. The number of nitrogens with two attached hydrogens (primary N) is 1. The number of hydrogen-bond donors (Lipinski definition) is 9. The van der Waals surface area contributed by atoms with Crippen molar-refractivity contribution in [1.82, 2.24) is 66.2 Å². The van der Waals surface area contributed by atoms with Crippen molar-refractivity contribution in [2.24, 2.45) is 47.2 Å². The number of fused-ring (bicyclic) bond motifs is 1. The molecule has 0 spiro atoms. The van der Waals surface area contributed by atoms with E-state index in [0.717, 1.165) is 33.6 Å². The summed E-state index contributed by atoms with van der Waals surface area (Å²) in [6.07, 6.45) is 3.51. The summed E-state index contributed by atoms with van der Waals surface area (Å²) in [6, 6.07) is 19.8. The van der Waals surface area contributed by atoms with Crippen molar-refractivity contribution in [3.8, 4) is 0 Å². The molecule has 33 nitrogen and oxygen atoms in total. The summed E-state index contributed by atoms with van der Waals surface area (Å²) >= 11 is 1.47. The van der Waals surface area contributed by atoms with Crippen LogP contribution in [0.25, 0.3) is 10.9 Å². The number of likely N-dealkylation sites (N-methyl/N-ethyl adjacent to an activating group) is 2. The molecule has 2 aliphatic rings. The molecule has 34 heteroatoms. The zero-order valence-electron chi connectivity index (χ0n) is 75.7. The van der Waals surface area contributed by atoms with Gasteiger partial charge in [-0.2, -0.15) is 0 Å². The molecular formula is C91H137N15O18S. The molecule has 11 amide bonds. The van der Waals surface area contributed by atoms with Crippen molar-refractivity contribution >= 4 is 99.1 Å². The van der Waals surface area contributed by atoms with E-state index in [9.17, 15) is 52.7 Å². The van der Waals surface area contributed by atoms with Gasteiger partial charge in [0.1, 0.15) is 41.6 Å². The van der Waals surface area contributed by atoms with E-state index in [0.29, 0.717) is 76.0 Å². The number of piperidine rings is 1. The number of hydrazine groups is 1. The van der Waals surface area contributed by atoms with Crippen LogP contribution in [0, 0.1) is 41.4 Å². The van der Waals surface area contributed by atoms with Crippen LogP contribution in [-0.4, -0.2) is 254 Å². The number of benzene rings is 3. The zero-order chi connectivity index (χ0) is 91.6. The lowest BCUT2D eigenvalue weighted by Gasteiger charge is -2.40. The number of rotatable bonds is 53. The van der Waals surface area contributed by atoms with Crippen molar-refractivity contribution in [2.45, 2.75) is 226 Å². The normalized spacial score (nSPS) is 16.7. The van der Waals surface area contributed by atoms with Crippen LogP contribution < -0.4 is 43.1 Å². The largest absolute Gasteiger partial charge is 0.481 e. The highest BCUT2D eigenvalue weighted by molar-refractivity contribution is 7.09. The van der Waals surface area contributed by atoms with Crippen molar-refractivity contribution in [1.29, 1.82) is 0 Å². The lowest BCUT2D eigenvalue weighted by atomic mass is 9.79. The molecule has 1 saturated carbocycles. The van der Waals surface area contributed by atoms with E-state index in [-0.39, 0.29) is 138 Å². The quantitative estimate of drug-likeness (QED) is 0.0130. The number of ketones is 1. The molecule has 3 heterocycles. The number of para-hydroxylation sites is 1. The molecule has 0 radical (unpaired) electrons. The van der Waals surface area contributed by atoms with Crippen molar-refractivity contribution in [3.05, 3.63) is 118 Å². The van der Waals surface area contributed by atoms with Gasteiger partial charge in [0.2, 0.25) is 47.3 Å². The Labute approximate surface area is 740 Å². The lowest BCUT2D eigenvalue weighted by Crippen LogP contribution is -2.60. The number of amides is 11. The molecule has 7 rings (SSSR count). The summed E-state index contributed by atoms with van der Waals surface area (Å²) in [5.74, 6) is -7.42. The van der Waals surface area contributed by atoms with Crippen LogP contribution in [-0.2, 0) is 97.7 Å². The third-order valence-corrected chi connectivity index (χ3v) is 24.9. The smallest absolute Gasteiger partial charge is 0.410 e. The maximum absolute atomic E-state index is 15.0. The van der Waals surface area contributed by atoms with Crippen LogP contribution in [0.5, 0.6) is 0 Å². The fourth-order valence-electron chi connectivity index (χ4n) is 16.8. The van der Waals surface area contributed by atoms with Crippen LogP contribution in [0.4, 0.5) is 15.3 Å². The number of aryl methyl sites for hydroxylation is 1. The van der Waals surface area contributed by atoms with Gasteiger partial charge in [0.05, 0.1) is 69.6 Å². The monoisotopic (exact) mass is 1760 g/mol. The Morgan fingerprint density at radius 1 is 0.696 bits per heavy atom. The number of hydrogen-bond acceptors (Lipinski definition) is 21. The minimum atomic E-state index is -1.20. The first-order chi connectivity index (χ1) is 59.7. The number of nitrogens with one attached hydrogen (secondary N) is 7. The first-order valence-electron chi connectivity index (χ1n) is 43.9. The number of Topliss-reactive ketones (excluding diaryl/α,β-unsaturated/α-hetero) is 1. The number of ether oxygens (including phenoxy) is 5. The van der Waals surface area contributed by atoms with Gasteiger partial charge in [0.15, 0.2) is 0 Å². The number of carbonyl (C=O) groups is 12. The third kappa shape index (κ3) is 31.0. The van der Waals surface area contributed by atoms with Gasteiger partial charge in [-0.15, -0.1) is 11.3 Å². The topological polar surface area (TPSA) is 415 Å². The number of likely N-dealkylation sites (tertiary alicyclic amines) is 1. The summed E-state index contributed by atoms with van der Waals surface area (Å²) in [5.41, 5.74) is 12.4. The van der Waals surface area contributed by atoms with E-state index in [1.807, 2.05) is 113 Å². The van der Waals surface area contributed by atoms with Crippen LogP contribution in [0.1, 0.15) is 174 Å². The van der Waals surface area contributed by atoms with E-state index < -0.39 is 120 Å². The van der Waals surface area contributed by atoms with Gasteiger partial charge in [-0.3, -0.25) is 58.3 Å². The van der Waals surface area contributed by atoms with Crippen LogP contribution in [0.3, 0.4) is 0 Å². The average molecular weight is 1760 g/mol. The molecule has 690 valence electrons.